The lowest BCUT2D eigenvalue weighted by atomic mass is 9.83. The lowest BCUT2D eigenvalue weighted by Gasteiger charge is -2.34. The summed E-state index contributed by atoms with van der Waals surface area (Å²) in [5.41, 5.74) is 12.3. The predicted octanol–water partition coefficient (Wildman–Crippen LogP) is 12.5. The first-order valence-electron chi connectivity index (χ1n) is 18.8. The largest absolute Gasteiger partial charge is 0.314 e. The van der Waals surface area contributed by atoms with Crippen molar-refractivity contribution in [2.75, 3.05) is 9.80 Å². The Morgan fingerprint density at radius 2 is 1.44 bits per heavy atom. The van der Waals surface area contributed by atoms with Crippen LogP contribution in [-0.4, -0.2) is 0 Å². The van der Waals surface area contributed by atoms with Crippen LogP contribution in [0.25, 0.3) is 32.3 Å². The third kappa shape index (κ3) is 5.27. The van der Waals surface area contributed by atoms with Crippen LogP contribution in [0.15, 0.2) is 174 Å². The normalized spacial score (nSPS) is 17.0. The van der Waals surface area contributed by atoms with E-state index >= 15 is 0 Å². The molecule has 0 heterocycles. The Kier molecular flexibility index (Phi) is 7.64. The van der Waals surface area contributed by atoms with Gasteiger partial charge < -0.3 is 9.80 Å². The van der Waals surface area contributed by atoms with Crippen molar-refractivity contribution < 1.29 is 0 Å². The van der Waals surface area contributed by atoms with Gasteiger partial charge >= 0.3 is 0 Å². The zero-order valence-electron chi connectivity index (χ0n) is 29.8. The molecule has 0 N–H and O–H groups in total. The molecule has 1 unspecified atom stereocenters. The van der Waals surface area contributed by atoms with Gasteiger partial charge in [-0.15, -0.1) is 0 Å². The highest BCUT2D eigenvalue weighted by atomic mass is 15.2. The topological polar surface area (TPSA) is 54.1 Å². The molecule has 6 aromatic carbocycles. The highest BCUT2D eigenvalue weighted by Gasteiger charge is 2.28. The van der Waals surface area contributed by atoms with Crippen molar-refractivity contribution in [2.45, 2.75) is 32.1 Å². The molecular weight excluding hydrogens is 657 g/mol. The number of rotatable bonds is 6. The van der Waals surface area contributed by atoms with Crippen LogP contribution in [0.4, 0.5) is 22.7 Å². The summed E-state index contributed by atoms with van der Waals surface area (Å²) in [6.45, 7) is 0. The van der Waals surface area contributed by atoms with Crippen LogP contribution in [0, 0.1) is 28.6 Å². The maximum atomic E-state index is 9.68. The molecule has 0 fully saturated rings. The van der Waals surface area contributed by atoms with E-state index in [1.54, 1.807) is 0 Å². The van der Waals surface area contributed by atoms with E-state index < -0.39 is 0 Å². The summed E-state index contributed by atoms with van der Waals surface area (Å²) in [5.74, 6) is 0.397. The van der Waals surface area contributed by atoms with Gasteiger partial charge in [0.05, 0.1) is 23.4 Å². The molecule has 54 heavy (non-hydrogen) atoms. The standard InChI is InChI=1S/C50H36N4/c51-31-33-9-19-41(20-10-33)53(43-23-13-35-5-1-3-7-39(35)29-43)47-27-17-37-16-26-46-48(28-18-38-15-25-45(47)49(37)50(38)46)54(42-21-11-34(32-52)12-22-42)44-24-14-36-6-2-4-8-40(36)30-44/h1-11,14,16-21,23-24,26-30,35H,12-13,15,22,25H2. The Bertz CT molecular complexity index is 2830. The molecule has 0 spiro atoms. The quantitative estimate of drug-likeness (QED) is 0.163. The van der Waals surface area contributed by atoms with Crippen LogP contribution in [0.3, 0.4) is 0 Å². The van der Waals surface area contributed by atoms with Gasteiger partial charge in [-0.25, -0.2) is 0 Å². The second-order valence-electron chi connectivity index (χ2n) is 14.6. The summed E-state index contributed by atoms with van der Waals surface area (Å²) in [7, 11) is 0. The van der Waals surface area contributed by atoms with Gasteiger partial charge in [0.15, 0.2) is 0 Å². The maximum absolute atomic E-state index is 9.68. The fourth-order valence-corrected chi connectivity index (χ4v) is 8.90. The molecule has 4 aliphatic rings. The first kappa shape index (κ1) is 31.8. The molecule has 4 nitrogen and oxygen atoms in total. The van der Waals surface area contributed by atoms with E-state index in [0.29, 0.717) is 11.5 Å². The average molecular weight is 693 g/mol. The summed E-state index contributed by atoms with van der Waals surface area (Å²) in [5, 5.41) is 26.8. The van der Waals surface area contributed by atoms with E-state index in [0.717, 1.165) is 60.4 Å². The molecule has 6 aromatic rings. The molecule has 0 bridgehead atoms. The van der Waals surface area contributed by atoms with Gasteiger partial charge in [0.1, 0.15) is 0 Å². The summed E-state index contributed by atoms with van der Waals surface area (Å²) in [4.78, 5) is 4.83. The van der Waals surface area contributed by atoms with Crippen LogP contribution in [-0.2, 0) is 12.8 Å². The van der Waals surface area contributed by atoms with Crippen molar-refractivity contribution in [1.29, 1.82) is 10.5 Å². The molecule has 0 radical (unpaired) electrons. The van der Waals surface area contributed by atoms with E-state index in [1.807, 2.05) is 18.2 Å². The lowest BCUT2D eigenvalue weighted by Crippen LogP contribution is -2.21. The molecule has 1 atom stereocenters. The highest BCUT2D eigenvalue weighted by molar-refractivity contribution is 6.17. The van der Waals surface area contributed by atoms with Gasteiger partial charge in [-0.05, 0) is 142 Å². The molecule has 10 rings (SSSR count). The minimum absolute atomic E-state index is 0.397. The second-order valence-corrected chi connectivity index (χ2v) is 14.6. The number of aryl methyl sites for hydroxylation is 2. The number of benzene rings is 6. The number of nitriles is 2. The number of hydrogen-bond acceptors (Lipinski definition) is 4. The first-order chi connectivity index (χ1) is 26.7. The van der Waals surface area contributed by atoms with E-state index in [4.69, 9.17) is 0 Å². The monoisotopic (exact) mass is 692 g/mol. The van der Waals surface area contributed by atoms with E-state index in [2.05, 4.69) is 155 Å². The Morgan fingerprint density at radius 1 is 0.630 bits per heavy atom. The smallest absolute Gasteiger partial charge is 0.0991 e. The van der Waals surface area contributed by atoms with Gasteiger partial charge in [-0.3, -0.25) is 0 Å². The first-order valence-corrected chi connectivity index (χ1v) is 18.8. The Labute approximate surface area is 315 Å². The molecule has 4 aliphatic carbocycles. The molecule has 0 saturated heterocycles. The average Bonchev–Trinajstić information content (AvgIpc) is 3.24. The van der Waals surface area contributed by atoms with Gasteiger partial charge in [0.2, 0.25) is 0 Å². The summed E-state index contributed by atoms with van der Waals surface area (Å²) >= 11 is 0. The molecule has 4 heteroatoms. The summed E-state index contributed by atoms with van der Waals surface area (Å²) in [6.07, 6.45) is 22.0. The Balaban J connectivity index is 1.19. The van der Waals surface area contributed by atoms with Crippen molar-refractivity contribution in [3.8, 4) is 12.1 Å². The summed E-state index contributed by atoms with van der Waals surface area (Å²) in [6, 6.07) is 41.8. The Morgan fingerprint density at radius 3 is 2.28 bits per heavy atom. The molecule has 0 amide bonds. The number of allylic oxidation sites excluding steroid dienone is 11. The molecule has 0 saturated carbocycles. The molecular formula is C50H36N4. The van der Waals surface area contributed by atoms with Crippen molar-refractivity contribution in [2.24, 2.45) is 5.92 Å². The molecule has 256 valence electrons. The van der Waals surface area contributed by atoms with Crippen LogP contribution in [0.5, 0.6) is 0 Å². The van der Waals surface area contributed by atoms with Gasteiger partial charge in [-0.2, -0.15) is 10.5 Å². The van der Waals surface area contributed by atoms with Crippen LogP contribution >= 0.6 is 0 Å². The number of nitrogens with zero attached hydrogens (tertiary/aromatic N) is 4. The molecule has 0 aromatic heterocycles. The highest BCUT2D eigenvalue weighted by Crippen LogP contribution is 2.48. The lowest BCUT2D eigenvalue weighted by molar-refractivity contribution is 0.768. The fourth-order valence-electron chi connectivity index (χ4n) is 8.90. The number of fused-ring (bicyclic) bond motifs is 2. The third-order valence-electron chi connectivity index (χ3n) is 11.6. The fraction of sp³-hybridized carbons (Fsp3) is 0.120. The SMILES string of the molecule is N#CC1=CC=C(N(c2ccc3ccccc3c2)c2ccc3c4c2ccc2ccc(N(C5=CCC6C=CC=CC6=C5)c5ccc(C#N)cc5)c(c24)CC3)CC1. The zero-order valence-corrected chi connectivity index (χ0v) is 29.8. The summed E-state index contributed by atoms with van der Waals surface area (Å²) < 4.78 is 0. The van der Waals surface area contributed by atoms with Crippen molar-refractivity contribution in [3.63, 3.8) is 0 Å². The van der Waals surface area contributed by atoms with Crippen LogP contribution in [0.1, 0.15) is 36.0 Å². The number of hydrogen-bond donors (Lipinski definition) is 0. The van der Waals surface area contributed by atoms with Crippen molar-refractivity contribution >= 4 is 55.1 Å². The van der Waals surface area contributed by atoms with Gasteiger partial charge in [-0.1, -0.05) is 85.0 Å². The maximum Gasteiger partial charge on any atom is 0.0991 e. The zero-order chi connectivity index (χ0) is 36.2. The van der Waals surface area contributed by atoms with E-state index in [9.17, 15) is 10.5 Å². The number of anilines is 4. The minimum Gasteiger partial charge on any atom is -0.314 e. The Hall–Kier alpha value is -6.88. The molecule has 0 aliphatic heterocycles. The second kappa shape index (κ2) is 13.0. The van der Waals surface area contributed by atoms with E-state index in [1.165, 1.54) is 60.4 Å². The van der Waals surface area contributed by atoms with E-state index in [-0.39, 0.29) is 0 Å². The van der Waals surface area contributed by atoms with Crippen LogP contribution in [0.2, 0.25) is 0 Å². The van der Waals surface area contributed by atoms with Crippen molar-refractivity contribution in [1.82, 2.24) is 0 Å². The van der Waals surface area contributed by atoms with Gasteiger partial charge in [0, 0.05) is 45.3 Å². The third-order valence-corrected chi connectivity index (χ3v) is 11.6. The van der Waals surface area contributed by atoms with Crippen LogP contribution < -0.4 is 9.80 Å². The predicted molar refractivity (Wildman–Crippen MR) is 222 cm³/mol. The van der Waals surface area contributed by atoms with Gasteiger partial charge in [0.25, 0.3) is 0 Å². The van der Waals surface area contributed by atoms with Crippen molar-refractivity contribution in [3.05, 3.63) is 191 Å². The minimum atomic E-state index is 0.397.